The topological polar surface area (TPSA) is 92.8 Å². The molecule has 7 nitrogen and oxygen atoms in total. The highest BCUT2D eigenvalue weighted by Crippen LogP contribution is 2.12. The maximum absolute atomic E-state index is 12.7. The van der Waals surface area contributed by atoms with Crippen molar-refractivity contribution < 1.29 is 22.7 Å². The summed E-state index contributed by atoms with van der Waals surface area (Å²) in [4.78, 5) is 27.1. The molecule has 1 atom stereocenters. The minimum atomic E-state index is -3.90. The molecular formula is C23H30N2O5S2. The first-order chi connectivity index (χ1) is 15.2. The summed E-state index contributed by atoms with van der Waals surface area (Å²) in [5, 5.41) is 0. The fourth-order valence-corrected chi connectivity index (χ4v) is 4.68. The summed E-state index contributed by atoms with van der Waals surface area (Å²) in [6.45, 7) is 3.72. The maximum atomic E-state index is 12.7. The summed E-state index contributed by atoms with van der Waals surface area (Å²) < 4.78 is 33.0. The molecule has 2 aromatic rings. The molecule has 0 saturated carbocycles. The fraction of sp³-hybridized carbons (Fsp3) is 0.391. The summed E-state index contributed by atoms with van der Waals surface area (Å²) in [6, 6.07) is 16.2. The highest BCUT2D eigenvalue weighted by molar-refractivity contribution is 7.98. The van der Waals surface area contributed by atoms with E-state index in [2.05, 4.69) is 4.72 Å². The molecule has 0 aliphatic carbocycles. The average Bonchev–Trinajstić information content (AvgIpc) is 2.79. The van der Waals surface area contributed by atoms with Crippen LogP contribution in [0.25, 0.3) is 0 Å². The SMILES string of the molecule is CSCCC(NS(=O)(=O)c1ccccc1)C(=O)OCC(=O)N(Cc1ccccc1)C(C)C. The zero-order valence-electron chi connectivity index (χ0n) is 18.6. The van der Waals surface area contributed by atoms with Crippen molar-refractivity contribution in [3.8, 4) is 0 Å². The lowest BCUT2D eigenvalue weighted by molar-refractivity contribution is -0.154. The molecule has 32 heavy (non-hydrogen) atoms. The summed E-state index contributed by atoms with van der Waals surface area (Å²) in [6.07, 6.45) is 2.11. The number of hydrogen-bond donors (Lipinski definition) is 1. The van der Waals surface area contributed by atoms with Crippen LogP contribution in [0, 0.1) is 0 Å². The highest BCUT2D eigenvalue weighted by Gasteiger charge is 2.28. The van der Waals surface area contributed by atoms with E-state index in [0.717, 1.165) is 5.56 Å². The third-order valence-electron chi connectivity index (χ3n) is 4.72. The summed E-state index contributed by atoms with van der Waals surface area (Å²) in [5.41, 5.74) is 0.967. The molecule has 1 unspecified atom stereocenters. The number of thioether (sulfide) groups is 1. The van der Waals surface area contributed by atoms with Crippen molar-refractivity contribution in [3.63, 3.8) is 0 Å². The van der Waals surface area contributed by atoms with Gasteiger partial charge in [0.2, 0.25) is 10.0 Å². The van der Waals surface area contributed by atoms with E-state index in [9.17, 15) is 18.0 Å². The number of amides is 1. The van der Waals surface area contributed by atoms with E-state index >= 15 is 0 Å². The predicted octanol–water partition coefficient (Wildman–Crippen LogP) is 3.07. The lowest BCUT2D eigenvalue weighted by Gasteiger charge is -2.27. The number of ether oxygens (including phenoxy) is 1. The Labute approximate surface area is 194 Å². The number of rotatable bonds is 12. The highest BCUT2D eigenvalue weighted by atomic mass is 32.2. The van der Waals surface area contributed by atoms with E-state index in [0.29, 0.717) is 12.3 Å². The second-order valence-corrected chi connectivity index (χ2v) is 10.2. The smallest absolute Gasteiger partial charge is 0.324 e. The lowest BCUT2D eigenvalue weighted by atomic mass is 10.2. The van der Waals surface area contributed by atoms with Crippen molar-refractivity contribution >= 4 is 33.7 Å². The van der Waals surface area contributed by atoms with Crippen LogP contribution >= 0.6 is 11.8 Å². The van der Waals surface area contributed by atoms with Crippen LogP contribution in [0.5, 0.6) is 0 Å². The Bertz CT molecular complexity index is 966. The van der Waals surface area contributed by atoms with Crippen molar-refractivity contribution in [1.82, 2.24) is 9.62 Å². The van der Waals surface area contributed by atoms with E-state index in [1.807, 2.05) is 50.4 Å². The first kappa shape index (κ1) is 25.9. The molecule has 1 N–H and O–H groups in total. The summed E-state index contributed by atoms with van der Waals surface area (Å²) in [7, 11) is -3.90. The third kappa shape index (κ3) is 7.96. The Morgan fingerprint density at radius 1 is 1.03 bits per heavy atom. The van der Waals surface area contributed by atoms with Crippen LogP contribution in [-0.4, -0.2) is 55.9 Å². The van der Waals surface area contributed by atoms with Crippen LogP contribution in [-0.2, 0) is 30.9 Å². The number of hydrogen-bond acceptors (Lipinski definition) is 6. The van der Waals surface area contributed by atoms with Gasteiger partial charge in [-0.2, -0.15) is 16.5 Å². The molecule has 1 amide bonds. The Morgan fingerprint density at radius 3 is 2.19 bits per heavy atom. The molecule has 2 aromatic carbocycles. The van der Waals surface area contributed by atoms with Gasteiger partial charge in [-0.15, -0.1) is 0 Å². The van der Waals surface area contributed by atoms with Gasteiger partial charge >= 0.3 is 5.97 Å². The second kappa shape index (κ2) is 12.6. The largest absolute Gasteiger partial charge is 0.454 e. The quantitative estimate of drug-likeness (QED) is 0.472. The monoisotopic (exact) mass is 478 g/mol. The first-order valence-electron chi connectivity index (χ1n) is 10.3. The molecular weight excluding hydrogens is 448 g/mol. The summed E-state index contributed by atoms with van der Waals surface area (Å²) >= 11 is 1.49. The molecule has 174 valence electrons. The van der Waals surface area contributed by atoms with Gasteiger partial charge < -0.3 is 9.64 Å². The Morgan fingerprint density at radius 2 is 1.62 bits per heavy atom. The molecule has 0 radical (unpaired) electrons. The molecule has 0 aliphatic heterocycles. The van der Waals surface area contributed by atoms with Crippen LogP contribution in [0.2, 0.25) is 0 Å². The predicted molar refractivity (Wildman–Crippen MR) is 127 cm³/mol. The van der Waals surface area contributed by atoms with Gasteiger partial charge in [0.1, 0.15) is 6.04 Å². The van der Waals surface area contributed by atoms with Crippen molar-refractivity contribution in [3.05, 3.63) is 66.2 Å². The van der Waals surface area contributed by atoms with Gasteiger partial charge in [0.25, 0.3) is 5.91 Å². The maximum Gasteiger partial charge on any atom is 0.324 e. The van der Waals surface area contributed by atoms with Crippen LogP contribution < -0.4 is 4.72 Å². The molecule has 9 heteroatoms. The normalized spacial score (nSPS) is 12.4. The van der Waals surface area contributed by atoms with E-state index in [1.54, 1.807) is 23.1 Å². The number of benzene rings is 2. The van der Waals surface area contributed by atoms with Crippen molar-refractivity contribution in [1.29, 1.82) is 0 Å². The van der Waals surface area contributed by atoms with Crippen LogP contribution in [0.1, 0.15) is 25.8 Å². The Balaban J connectivity index is 2.04. The van der Waals surface area contributed by atoms with E-state index in [-0.39, 0.29) is 23.3 Å². The minimum Gasteiger partial charge on any atom is -0.454 e. The van der Waals surface area contributed by atoms with Crippen LogP contribution in [0.3, 0.4) is 0 Å². The van der Waals surface area contributed by atoms with E-state index in [1.165, 1.54) is 23.9 Å². The number of nitrogens with one attached hydrogen (secondary N) is 1. The van der Waals surface area contributed by atoms with Gasteiger partial charge in [-0.3, -0.25) is 9.59 Å². The van der Waals surface area contributed by atoms with Crippen LogP contribution in [0.15, 0.2) is 65.6 Å². The zero-order chi connectivity index (χ0) is 23.6. The molecule has 0 aliphatic rings. The summed E-state index contributed by atoms with van der Waals surface area (Å²) in [5.74, 6) is -0.556. The third-order valence-corrected chi connectivity index (χ3v) is 6.85. The van der Waals surface area contributed by atoms with Gasteiger partial charge in [-0.1, -0.05) is 48.5 Å². The second-order valence-electron chi connectivity index (χ2n) is 7.48. The molecule has 0 saturated heterocycles. The Kier molecular flexibility index (Phi) is 10.2. The molecule has 0 heterocycles. The van der Waals surface area contributed by atoms with Crippen molar-refractivity contribution in [2.45, 2.75) is 43.8 Å². The first-order valence-corrected chi connectivity index (χ1v) is 13.2. The number of carbonyl (C=O) groups excluding carboxylic acids is 2. The average molecular weight is 479 g/mol. The number of nitrogens with zero attached hydrogens (tertiary/aromatic N) is 1. The molecule has 0 fully saturated rings. The van der Waals surface area contributed by atoms with Gasteiger partial charge in [-0.05, 0) is 50.0 Å². The number of esters is 1. The van der Waals surface area contributed by atoms with Crippen molar-refractivity contribution in [2.24, 2.45) is 0 Å². The number of carbonyl (C=O) groups is 2. The van der Waals surface area contributed by atoms with Gasteiger partial charge in [0.15, 0.2) is 6.61 Å². The van der Waals surface area contributed by atoms with Gasteiger partial charge in [-0.25, -0.2) is 8.42 Å². The van der Waals surface area contributed by atoms with E-state index < -0.39 is 28.6 Å². The Hall–Kier alpha value is -2.36. The molecule has 0 aromatic heterocycles. The molecule has 0 spiro atoms. The number of sulfonamides is 1. The zero-order valence-corrected chi connectivity index (χ0v) is 20.2. The van der Waals surface area contributed by atoms with Crippen molar-refractivity contribution in [2.75, 3.05) is 18.6 Å². The van der Waals surface area contributed by atoms with E-state index in [4.69, 9.17) is 4.74 Å². The molecule has 2 rings (SSSR count). The van der Waals surface area contributed by atoms with Gasteiger partial charge in [0.05, 0.1) is 4.90 Å². The minimum absolute atomic E-state index is 0.0619. The lowest BCUT2D eigenvalue weighted by Crippen LogP contribution is -2.44. The van der Waals surface area contributed by atoms with Crippen LogP contribution in [0.4, 0.5) is 0 Å². The standard InChI is InChI=1S/C23H30N2O5S2/c1-18(2)25(16-19-10-6-4-7-11-19)22(26)17-30-23(27)21(14-15-31-3)24-32(28,29)20-12-8-5-9-13-20/h4-13,18,21,24H,14-17H2,1-3H3. The van der Waals surface area contributed by atoms with Gasteiger partial charge in [0, 0.05) is 12.6 Å². The molecule has 0 bridgehead atoms. The fourth-order valence-electron chi connectivity index (χ4n) is 2.97.